The SMILES string of the molecule is COc1ccc(C(O)C(C)(C)C(=O)SC)cc1. The Balaban J connectivity index is 2.95. The molecule has 1 N–H and O–H groups in total. The van der Waals surface area contributed by atoms with Gasteiger partial charge in [-0.05, 0) is 37.8 Å². The molecule has 0 fully saturated rings. The van der Waals surface area contributed by atoms with Gasteiger partial charge in [-0.3, -0.25) is 4.79 Å². The number of benzene rings is 1. The predicted molar refractivity (Wildman–Crippen MR) is 70.3 cm³/mol. The summed E-state index contributed by atoms with van der Waals surface area (Å²) >= 11 is 1.14. The highest BCUT2D eigenvalue weighted by atomic mass is 32.2. The number of rotatable bonds is 4. The second-order valence-electron chi connectivity index (χ2n) is 4.39. The zero-order valence-electron chi connectivity index (χ0n) is 10.6. The summed E-state index contributed by atoms with van der Waals surface area (Å²) in [7, 11) is 1.59. The Hall–Kier alpha value is -1.00. The Bertz CT molecular complexity index is 384. The van der Waals surface area contributed by atoms with Crippen LogP contribution >= 0.6 is 11.8 Å². The van der Waals surface area contributed by atoms with Gasteiger partial charge in [-0.1, -0.05) is 23.9 Å². The van der Waals surface area contributed by atoms with E-state index in [0.29, 0.717) is 0 Å². The molecule has 0 bridgehead atoms. The van der Waals surface area contributed by atoms with Gasteiger partial charge < -0.3 is 9.84 Å². The fourth-order valence-electron chi connectivity index (χ4n) is 1.58. The lowest BCUT2D eigenvalue weighted by molar-refractivity contribution is -0.123. The number of aliphatic hydroxyl groups is 1. The predicted octanol–water partition coefficient (Wildman–Crippen LogP) is 2.64. The maximum Gasteiger partial charge on any atom is 0.197 e. The van der Waals surface area contributed by atoms with Gasteiger partial charge in [-0.25, -0.2) is 0 Å². The topological polar surface area (TPSA) is 46.5 Å². The van der Waals surface area contributed by atoms with Crippen LogP contribution in [0.15, 0.2) is 24.3 Å². The average Bonchev–Trinajstić information content (AvgIpc) is 2.36. The molecule has 0 aliphatic rings. The molecule has 1 atom stereocenters. The van der Waals surface area contributed by atoms with E-state index in [-0.39, 0.29) is 5.12 Å². The van der Waals surface area contributed by atoms with E-state index >= 15 is 0 Å². The molecular weight excluding hydrogens is 236 g/mol. The minimum Gasteiger partial charge on any atom is -0.497 e. The molecule has 0 aliphatic carbocycles. The van der Waals surface area contributed by atoms with E-state index in [0.717, 1.165) is 23.1 Å². The Morgan fingerprint density at radius 3 is 2.29 bits per heavy atom. The van der Waals surface area contributed by atoms with Gasteiger partial charge in [0.1, 0.15) is 5.75 Å². The zero-order valence-corrected chi connectivity index (χ0v) is 11.4. The van der Waals surface area contributed by atoms with Gasteiger partial charge in [0, 0.05) is 0 Å². The number of carbonyl (C=O) groups is 1. The maximum atomic E-state index is 11.7. The lowest BCUT2D eigenvalue weighted by Gasteiger charge is -2.28. The van der Waals surface area contributed by atoms with Crippen molar-refractivity contribution in [2.45, 2.75) is 20.0 Å². The Morgan fingerprint density at radius 1 is 1.35 bits per heavy atom. The molecule has 4 heteroatoms. The van der Waals surface area contributed by atoms with E-state index in [1.165, 1.54) is 0 Å². The summed E-state index contributed by atoms with van der Waals surface area (Å²) in [6.07, 6.45) is 0.915. The minimum atomic E-state index is -0.812. The van der Waals surface area contributed by atoms with Crippen LogP contribution in [0.5, 0.6) is 5.75 Å². The van der Waals surface area contributed by atoms with Gasteiger partial charge in [0.25, 0.3) is 0 Å². The maximum absolute atomic E-state index is 11.7. The van der Waals surface area contributed by atoms with Crippen LogP contribution in [0.1, 0.15) is 25.5 Å². The molecule has 0 radical (unpaired) electrons. The van der Waals surface area contributed by atoms with Crippen molar-refractivity contribution in [3.05, 3.63) is 29.8 Å². The van der Waals surface area contributed by atoms with Crippen molar-refractivity contribution >= 4 is 16.9 Å². The molecule has 1 aromatic rings. The highest BCUT2D eigenvalue weighted by Crippen LogP contribution is 2.37. The summed E-state index contributed by atoms with van der Waals surface area (Å²) in [5, 5.41) is 10.2. The molecule has 1 unspecified atom stereocenters. The van der Waals surface area contributed by atoms with Crippen molar-refractivity contribution in [2.24, 2.45) is 5.41 Å². The van der Waals surface area contributed by atoms with E-state index in [1.54, 1.807) is 51.5 Å². The fraction of sp³-hybridized carbons (Fsp3) is 0.462. The molecule has 0 aromatic heterocycles. The second-order valence-corrected chi connectivity index (χ2v) is 5.17. The second kappa shape index (κ2) is 5.56. The van der Waals surface area contributed by atoms with E-state index in [1.807, 2.05) is 0 Å². The largest absolute Gasteiger partial charge is 0.497 e. The van der Waals surface area contributed by atoms with E-state index < -0.39 is 11.5 Å². The Labute approximate surface area is 106 Å². The fourth-order valence-corrected chi connectivity index (χ4v) is 2.22. The number of aliphatic hydroxyl groups excluding tert-OH is 1. The smallest absolute Gasteiger partial charge is 0.197 e. The standard InChI is InChI=1S/C13H18O3S/c1-13(2,12(15)17-4)11(14)9-5-7-10(16-3)8-6-9/h5-8,11,14H,1-4H3. The molecule has 0 aliphatic heterocycles. The summed E-state index contributed by atoms with van der Waals surface area (Å²) < 4.78 is 5.05. The van der Waals surface area contributed by atoms with Crippen LogP contribution in [0.25, 0.3) is 0 Å². The van der Waals surface area contributed by atoms with Gasteiger partial charge in [0.2, 0.25) is 0 Å². The quantitative estimate of drug-likeness (QED) is 0.897. The van der Waals surface area contributed by atoms with Crippen molar-refractivity contribution < 1.29 is 14.6 Å². The van der Waals surface area contributed by atoms with E-state index in [9.17, 15) is 9.90 Å². The molecule has 3 nitrogen and oxygen atoms in total. The number of hydrogen-bond acceptors (Lipinski definition) is 4. The number of ether oxygens (including phenoxy) is 1. The number of methoxy groups -OCH3 is 1. The number of hydrogen-bond donors (Lipinski definition) is 1. The third-order valence-electron chi connectivity index (χ3n) is 2.83. The molecular formula is C13H18O3S. The molecule has 94 valence electrons. The van der Waals surface area contributed by atoms with Gasteiger partial charge in [-0.15, -0.1) is 0 Å². The zero-order chi connectivity index (χ0) is 13.1. The summed E-state index contributed by atoms with van der Waals surface area (Å²) in [6.45, 7) is 3.50. The van der Waals surface area contributed by atoms with Gasteiger partial charge in [0.15, 0.2) is 5.12 Å². The van der Waals surface area contributed by atoms with Crippen LogP contribution in [0.2, 0.25) is 0 Å². The molecule has 0 saturated heterocycles. The van der Waals surface area contributed by atoms with Crippen molar-refractivity contribution in [3.8, 4) is 5.75 Å². The van der Waals surface area contributed by atoms with Gasteiger partial charge >= 0.3 is 0 Å². The molecule has 0 saturated carbocycles. The highest BCUT2D eigenvalue weighted by Gasteiger charge is 2.35. The van der Waals surface area contributed by atoms with Crippen molar-refractivity contribution in [1.82, 2.24) is 0 Å². The molecule has 0 heterocycles. The number of thioether (sulfide) groups is 1. The van der Waals surface area contributed by atoms with Crippen LogP contribution in [0.4, 0.5) is 0 Å². The Morgan fingerprint density at radius 2 is 1.88 bits per heavy atom. The first-order valence-corrected chi connectivity index (χ1v) is 6.56. The molecule has 0 amide bonds. The summed E-state index contributed by atoms with van der Waals surface area (Å²) in [6, 6.07) is 7.11. The van der Waals surface area contributed by atoms with Crippen LogP contribution in [0, 0.1) is 5.41 Å². The van der Waals surface area contributed by atoms with Crippen molar-refractivity contribution in [3.63, 3.8) is 0 Å². The van der Waals surface area contributed by atoms with Crippen LogP contribution < -0.4 is 4.74 Å². The van der Waals surface area contributed by atoms with Gasteiger partial charge in [0.05, 0.1) is 18.6 Å². The lowest BCUT2D eigenvalue weighted by atomic mass is 9.84. The third kappa shape index (κ3) is 3.01. The minimum absolute atomic E-state index is 0.0270. The summed E-state index contributed by atoms with van der Waals surface area (Å²) in [5.74, 6) is 0.731. The highest BCUT2D eigenvalue weighted by molar-refractivity contribution is 8.13. The summed E-state index contributed by atoms with van der Waals surface area (Å²) in [5.41, 5.74) is -0.0771. The van der Waals surface area contributed by atoms with Crippen molar-refractivity contribution in [1.29, 1.82) is 0 Å². The molecule has 1 aromatic carbocycles. The van der Waals surface area contributed by atoms with Crippen LogP contribution in [-0.2, 0) is 4.79 Å². The van der Waals surface area contributed by atoms with Crippen LogP contribution in [0.3, 0.4) is 0 Å². The normalized spacial score (nSPS) is 13.2. The first-order chi connectivity index (χ1) is 7.93. The van der Waals surface area contributed by atoms with Gasteiger partial charge in [-0.2, -0.15) is 0 Å². The molecule has 0 spiro atoms. The monoisotopic (exact) mass is 254 g/mol. The van der Waals surface area contributed by atoms with E-state index in [2.05, 4.69) is 0 Å². The Kier molecular flexibility index (Phi) is 4.60. The van der Waals surface area contributed by atoms with Crippen LogP contribution in [-0.4, -0.2) is 23.6 Å². The van der Waals surface area contributed by atoms with E-state index in [4.69, 9.17) is 4.74 Å². The lowest BCUT2D eigenvalue weighted by Crippen LogP contribution is -2.29. The van der Waals surface area contributed by atoms with Crippen molar-refractivity contribution in [2.75, 3.05) is 13.4 Å². The third-order valence-corrected chi connectivity index (χ3v) is 3.72. The summed E-state index contributed by atoms with van der Waals surface area (Å²) in [4.78, 5) is 11.7. The molecule has 17 heavy (non-hydrogen) atoms. The molecule has 1 rings (SSSR count). The average molecular weight is 254 g/mol. The number of carbonyl (C=O) groups excluding carboxylic acids is 1. The first-order valence-electron chi connectivity index (χ1n) is 5.34. The first kappa shape index (κ1) is 14.1.